The Bertz CT molecular complexity index is 584. The summed E-state index contributed by atoms with van der Waals surface area (Å²) in [5.41, 5.74) is 2.36. The normalized spacial score (nSPS) is 26.3. The largest absolute Gasteiger partial charge is 0.338 e. The lowest BCUT2D eigenvalue weighted by molar-refractivity contribution is -0.146. The molecule has 4 heteroatoms. The van der Waals surface area contributed by atoms with E-state index in [1.807, 2.05) is 17.2 Å². The summed E-state index contributed by atoms with van der Waals surface area (Å²) in [6.07, 6.45) is 8.98. The molecule has 1 aromatic rings. The number of amides is 1. The first-order chi connectivity index (χ1) is 11.1. The van der Waals surface area contributed by atoms with Crippen LogP contribution in [0.1, 0.15) is 38.7 Å². The molecule has 2 fully saturated rings. The maximum atomic E-state index is 13.1. The van der Waals surface area contributed by atoms with Crippen molar-refractivity contribution in [3.05, 3.63) is 41.7 Å². The Balaban J connectivity index is 1.68. The third-order valence-corrected chi connectivity index (χ3v) is 5.32. The molecule has 0 aliphatic carbocycles. The van der Waals surface area contributed by atoms with E-state index >= 15 is 0 Å². The van der Waals surface area contributed by atoms with Crippen molar-refractivity contribution in [3.63, 3.8) is 0 Å². The quantitative estimate of drug-likeness (QED) is 0.802. The van der Waals surface area contributed by atoms with Gasteiger partial charge in [-0.1, -0.05) is 17.7 Å². The number of hydrogen-bond donors (Lipinski definition) is 0. The first-order valence-corrected chi connectivity index (χ1v) is 8.65. The van der Waals surface area contributed by atoms with Gasteiger partial charge in [-0.2, -0.15) is 0 Å². The molecule has 1 aromatic heterocycles. The predicted octanol–water partition coefficient (Wildman–Crippen LogP) is 2.86. The molecule has 0 radical (unpaired) electrons. The van der Waals surface area contributed by atoms with Crippen LogP contribution in [0.15, 0.2) is 36.2 Å². The van der Waals surface area contributed by atoms with E-state index in [2.05, 4.69) is 35.9 Å². The molecule has 23 heavy (non-hydrogen) atoms. The molecule has 1 atom stereocenters. The molecule has 2 aliphatic heterocycles. The Kier molecular flexibility index (Phi) is 4.81. The lowest BCUT2D eigenvalue weighted by atomic mass is 9.78. The topological polar surface area (TPSA) is 36.4 Å². The standard InChI is InChI=1S/C19H27N3O/c1-3-16(2)13-21-11-8-19(15-21)7-5-10-22(18(19)23)14-17-6-4-9-20-12-17/h3-4,6,9,12H,5,7-8,10-11,13-15H2,1-2H3. The Morgan fingerprint density at radius 2 is 2.26 bits per heavy atom. The molecule has 0 aromatic carbocycles. The van der Waals surface area contributed by atoms with Crippen molar-refractivity contribution < 1.29 is 4.79 Å². The fourth-order valence-electron chi connectivity index (χ4n) is 3.93. The van der Waals surface area contributed by atoms with E-state index in [0.717, 1.165) is 51.0 Å². The fraction of sp³-hybridized carbons (Fsp3) is 0.579. The van der Waals surface area contributed by atoms with E-state index in [1.54, 1.807) is 6.20 Å². The van der Waals surface area contributed by atoms with Gasteiger partial charge in [0.15, 0.2) is 0 Å². The summed E-state index contributed by atoms with van der Waals surface area (Å²) in [6.45, 7) is 8.78. The van der Waals surface area contributed by atoms with Crippen LogP contribution in [0, 0.1) is 5.41 Å². The summed E-state index contributed by atoms with van der Waals surface area (Å²) >= 11 is 0. The molecule has 4 nitrogen and oxygen atoms in total. The fourth-order valence-corrected chi connectivity index (χ4v) is 3.93. The molecule has 0 N–H and O–H groups in total. The van der Waals surface area contributed by atoms with Crippen LogP contribution in [0.2, 0.25) is 0 Å². The van der Waals surface area contributed by atoms with Gasteiger partial charge in [-0.15, -0.1) is 0 Å². The minimum absolute atomic E-state index is 0.144. The molecule has 0 bridgehead atoms. The SMILES string of the molecule is CC=C(C)CN1CCC2(CCCN(Cc3cccnc3)C2=O)C1. The van der Waals surface area contributed by atoms with Crippen LogP contribution in [0.5, 0.6) is 0 Å². The third-order valence-electron chi connectivity index (χ3n) is 5.32. The Morgan fingerprint density at radius 1 is 1.39 bits per heavy atom. The summed E-state index contributed by atoms with van der Waals surface area (Å²) in [5.74, 6) is 0.355. The van der Waals surface area contributed by atoms with E-state index in [4.69, 9.17) is 0 Å². The number of carbonyl (C=O) groups excluding carboxylic acids is 1. The van der Waals surface area contributed by atoms with Gasteiger partial charge < -0.3 is 4.90 Å². The summed E-state index contributed by atoms with van der Waals surface area (Å²) in [7, 11) is 0. The van der Waals surface area contributed by atoms with E-state index in [-0.39, 0.29) is 5.41 Å². The van der Waals surface area contributed by atoms with E-state index in [0.29, 0.717) is 12.5 Å². The Hall–Kier alpha value is -1.68. The maximum absolute atomic E-state index is 13.1. The predicted molar refractivity (Wildman–Crippen MR) is 91.8 cm³/mol. The molecule has 1 spiro atoms. The number of hydrogen-bond acceptors (Lipinski definition) is 3. The molecule has 3 rings (SSSR count). The third kappa shape index (κ3) is 3.47. The highest BCUT2D eigenvalue weighted by Crippen LogP contribution is 2.40. The van der Waals surface area contributed by atoms with Gasteiger partial charge in [-0.3, -0.25) is 14.7 Å². The van der Waals surface area contributed by atoms with Crippen LogP contribution in [0.25, 0.3) is 0 Å². The van der Waals surface area contributed by atoms with Crippen molar-refractivity contribution in [2.45, 2.75) is 39.7 Å². The highest BCUT2D eigenvalue weighted by molar-refractivity contribution is 5.84. The molecule has 1 amide bonds. The average Bonchev–Trinajstić information content (AvgIpc) is 2.96. The van der Waals surface area contributed by atoms with E-state index in [1.165, 1.54) is 5.57 Å². The number of piperidine rings is 1. The van der Waals surface area contributed by atoms with Crippen molar-refractivity contribution >= 4 is 5.91 Å². The molecular weight excluding hydrogens is 286 g/mol. The number of allylic oxidation sites excluding steroid dienone is 1. The molecule has 0 saturated carbocycles. The van der Waals surface area contributed by atoms with Crippen LogP contribution >= 0.6 is 0 Å². The summed E-state index contributed by atoms with van der Waals surface area (Å²) in [6, 6.07) is 3.99. The maximum Gasteiger partial charge on any atom is 0.230 e. The smallest absolute Gasteiger partial charge is 0.230 e. The van der Waals surface area contributed by atoms with Gasteiger partial charge in [0.2, 0.25) is 5.91 Å². The van der Waals surface area contributed by atoms with Crippen LogP contribution in [-0.4, -0.2) is 46.9 Å². The zero-order valence-electron chi connectivity index (χ0n) is 14.3. The Morgan fingerprint density at radius 3 is 3.00 bits per heavy atom. The van der Waals surface area contributed by atoms with Crippen LogP contribution in [0.4, 0.5) is 0 Å². The van der Waals surface area contributed by atoms with E-state index in [9.17, 15) is 4.79 Å². The number of nitrogens with zero attached hydrogens (tertiary/aromatic N) is 3. The molecule has 124 valence electrons. The second-order valence-corrected chi connectivity index (χ2v) is 7.07. The van der Waals surface area contributed by atoms with Gasteiger partial charge in [0.25, 0.3) is 0 Å². The van der Waals surface area contributed by atoms with Crippen LogP contribution < -0.4 is 0 Å². The van der Waals surface area contributed by atoms with Crippen LogP contribution in [-0.2, 0) is 11.3 Å². The zero-order chi connectivity index (χ0) is 16.3. The molecular formula is C19H27N3O. The molecule has 3 heterocycles. The first-order valence-electron chi connectivity index (χ1n) is 8.65. The monoisotopic (exact) mass is 313 g/mol. The van der Waals surface area contributed by atoms with Crippen molar-refractivity contribution in [2.24, 2.45) is 5.41 Å². The highest BCUT2D eigenvalue weighted by atomic mass is 16.2. The minimum Gasteiger partial charge on any atom is -0.338 e. The van der Waals surface area contributed by atoms with Crippen molar-refractivity contribution in [1.82, 2.24) is 14.8 Å². The highest BCUT2D eigenvalue weighted by Gasteiger charge is 2.48. The zero-order valence-corrected chi connectivity index (χ0v) is 14.3. The number of likely N-dealkylation sites (tertiary alicyclic amines) is 2. The lowest BCUT2D eigenvalue weighted by Crippen LogP contribution is -2.49. The van der Waals surface area contributed by atoms with Gasteiger partial charge in [0.1, 0.15) is 0 Å². The summed E-state index contributed by atoms with van der Waals surface area (Å²) in [4.78, 5) is 21.8. The Labute approximate surface area is 139 Å². The van der Waals surface area contributed by atoms with Gasteiger partial charge in [-0.25, -0.2) is 0 Å². The van der Waals surface area contributed by atoms with Crippen molar-refractivity contribution in [2.75, 3.05) is 26.2 Å². The second-order valence-electron chi connectivity index (χ2n) is 7.07. The van der Waals surface area contributed by atoms with Crippen molar-refractivity contribution in [1.29, 1.82) is 0 Å². The van der Waals surface area contributed by atoms with Gasteiger partial charge >= 0.3 is 0 Å². The van der Waals surface area contributed by atoms with E-state index < -0.39 is 0 Å². The average molecular weight is 313 g/mol. The molecule has 2 saturated heterocycles. The van der Waals surface area contributed by atoms with Gasteiger partial charge in [-0.05, 0) is 51.3 Å². The van der Waals surface area contributed by atoms with Crippen LogP contribution in [0.3, 0.4) is 0 Å². The number of pyridine rings is 1. The lowest BCUT2D eigenvalue weighted by Gasteiger charge is -2.39. The summed E-state index contributed by atoms with van der Waals surface area (Å²) < 4.78 is 0. The van der Waals surface area contributed by atoms with Crippen molar-refractivity contribution in [3.8, 4) is 0 Å². The van der Waals surface area contributed by atoms with Gasteiger partial charge in [0.05, 0.1) is 5.41 Å². The first kappa shape index (κ1) is 16.2. The molecule has 1 unspecified atom stereocenters. The number of rotatable bonds is 4. The van der Waals surface area contributed by atoms with Gasteiger partial charge in [0, 0.05) is 38.6 Å². The second kappa shape index (κ2) is 6.83. The number of aromatic nitrogens is 1. The summed E-state index contributed by atoms with van der Waals surface area (Å²) in [5, 5.41) is 0. The molecule has 2 aliphatic rings. The minimum atomic E-state index is -0.144. The number of carbonyl (C=O) groups is 1.